The van der Waals surface area contributed by atoms with E-state index in [4.69, 9.17) is 20.9 Å². The molecule has 7 rings (SSSR count). The molecule has 4 aromatic rings. The number of β-amino-alcohol motifs (C(OH)–C–C–N with tert-alkyl or cyclic N) is 1. The number of pyridine rings is 1. The van der Waals surface area contributed by atoms with E-state index in [2.05, 4.69) is 27.8 Å². The Labute approximate surface area is 266 Å². The van der Waals surface area contributed by atoms with Gasteiger partial charge in [0.25, 0.3) is 0 Å². The number of rotatable bonds is 5. The Morgan fingerprint density at radius 1 is 1.17 bits per heavy atom. The number of hydrogen-bond donors (Lipinski definition) is 2. The molecule has 11 heteroatoms. The number of piperidine rings is 1. The van der Waals surface area contributed by atoms with E-state index in [0.717, 1.165) is 38.6 Å². The summed E-state index contributed by atoms with van der Waals surface area (Å²) in [6.07, 6.45) is 12.5. The number of fused-ring (bicyclic) bond motifs is 3. The summed E-state index contributed by atoms with van der Waals surface area (Å²) >= 11 is 0. The number of anilines is 1. The zero-order valence-electron chi connectivity index (χ0n) is 26.0. The number of phenolic OH excluding ortho intramolecular Hbond substituents is 1. The van der Waals surface area contributed by atoms with E-state index < -0.39 is 17.2 Å². The molecular formula is C35H37F2N5O4. The lowest BCUT2D eigenvalue weighted by molar-refractivity contribution is -0.0123. The number of phenols is 1. The zero-order valence-corrected chi connectivity index (χ0v) is 26.0. The van der Waals surface area contributed by atoms with Gasteiger partial charge >= 0.3 is 6.01 Å². The number of likely N-dealkylation sites (tertiary alicyclic amines) is 1. The molecule has 2 saturated heterocycles. The molecule has 1 aliphatic carbocycles. The molecule has 9 nitrogen and oxygen atoms in total. The number of benzene rings is 2. The predicted octanol–water partition coefficient (Wildman–Crippen LogP) is 5.04. The summed E-state index contributed by atoms with van der Waals surface area (Å²) in [6.45, 7) is 4.18. The van der Waals surface area contributed by atoms with Crippen LogP contribution in [0.4, 0.5) is 14.6 Å². The van der Waals surface area contributed by atoms with Crippen LogP contribution in [-0.2, 0) is 4.74 Å². The van der Waals surface area contributed by atoms with Gasteiger partial charge in [0, 0.05) is 35.1 Å². The van der Waals surface area contributed by atoms with E-state index in [1.165, 1.54) is 30.5 Å². The van der Waals surface area contributed by atoms with E-state index in [9.17, 15) is 14.6 Å². The first-order valence-corrected chi connectivity index (χ1v) is 15.8. The Balaban J connectivity index is 1.39. The normalized spacial score (nSPS) is 25.4. The molecule has 1 saturated carbocycles. The minimum absolute atomic E-state index is 0.0211. The highest BCUT2D eigenvalue weighted by molar-refractivity contribution is 6.03. The van der Waals surface area contributed by atoms with E-state index >= 15 is 4.39 Å². The highest BCUT2D eigenvalue weighted by atomic mass is 19.1. The van der Waals surface area contributed by atoms with Crippen LogP contribution in [0.3, 0.4) is 0 Å². The molecule has 2 N–H and O–H groups in total. The molecule has 3 fully saturated rings. The lowest BCUT2D eigenvalue weighted by Gasteiger charge is -2.44. The summed E-state index contributed by atoms with van der Waals surface area (Å²) in [6, 6.07) is 5.87. The van der Waals surface area contributed by atoms with Crippen molar-refractivity contribution in [3.05, 3.63) is 47.7 Å². The molecule has 2 aromatic carbocycles. The monoisotopic (exact) mass is 629 g/mol. The third-order valence-corrected chi connectivity index (χ3v) is 9.91. The van der Waals surface area contributed by atoms with Crippen LogP contribution in [0.25, 0.3) is 32.9 Å². The number of terminal acetylenes is 1. The second-order valence-electron chi connectivity index (χ2n) is 13.3. The summed E-state index contributed by atoms with van der Waals surface area (Å²) in [5.41, 5.74) is -1.35. The maximum absolute atomic E-state index is 16.8. The van der Waals surface area contributed by atoms with Crippen molar-refractivity contribution in [2.75, 3.05) is 51.4 Å². The summed E-state index contributed by atoms with van der Waals surface area (Å²) in [5.74, 6) is 1.14. The first-order valence-electron chi connectivity index (χ1n) is 15.8. The van der Waals surface area contributed by atoms with Gasteiger partial charge in [0.15, 0.2) is 5.82 Å². The number of aromatic hydroxyl groups is 1. The van der Waals surface area contributed by atoms with Gasteiger partial charge < -0.3 is 29.5 Å². The first-order chi connectivity index (χ1) is 22.1. The lowest BCUT2D eigenvalue weighted by atomic mass is 9.76. The molecule has 3 atom stereocenters. The molecule has 2 aliphatic heterocycles. The molecule has 0 radical (unpaired) electrons. The van der Waals surface area contributed by atoms with Crippen LogP contribution in [0.15, 0.2) is 30.5 Å². The maximum Gasteiger partial charge on any atom is 0.319 e. The molecule has 0 bridgehead atoms. The minimum Gasteiger partial charge on any atom is -0.508 e. The largest absolute Gasteiger partial charge is 0.508 e. The van der Waals surface area contributed by atoms with Gasteiger partial charge in [-0.25, -0.2) is 8.78 Å². The molecule has 3 aliphatic rings. The summed E-state index contributed by atoms with van der Waals surface area (Å²) < 4.78 is 43.7. The summed E-state index contributed by atoms with van der Waals surface area (Å²) in [5, 5.41) is 22.5. The van der Waals surface area contributed by atoms with E-state index in [1.54, 1.807) is 6.92 Å². The molecular weight excluding hydrogens is 592 g/mol. The van der Waals surface area contributed by atoms with E-state index in [1.807, 2.05) is 4.90 Å². The SMILES string of the molecule is C#Cc1c(F)ccc2cc(O)cc(-c3ncc4c(N5CCOCC(C)(O)C5)nc(OCC56CCCC5N(C)CCC6)nc4c3F)c12. The molecule has 2 aromatic heterocycles. The smallest absolute Gasteiger partial charge is 0.319 e. The average molecular weight is 630 g/mol. The second-order valence-corrected chi connectivity index (χ2v) is 13.3. The van der Waals surface area contributed by atoms with Crippen LogP contribution in [-0.4, -0.2) is 88.2 Å². The number of ether oxygens (including phenoxy) is 2. The van der Waals surface area contributed by atoms with Crippen LogP contribution in [0, 0.1) is 29.4 Å². The van der Waals surface area contributed by atoms with Crippen LogP contribution in [0.5, 0.6) is 11.8 Å². The van der Waals surface area contributed by atoms with Crippen LogP contribution >= 0.6 is 0 Å². The lowest BCUT2D eigenvalue weighted by Crippen LogP contribution is -2.50. The standard InChI is InChI=1S/C35H37F2N5O4/c1-4-23-26(36)9-8-21-15-22(43)16-24(28(21)23)30-29(37)31-25(17-38-30)32(42-13-14-45-19-34(2,44)18-42)40-33(39-31)46-20-35-10-5-7-27(35)41(3)12-6-11-35/h1,8-9,15-17,27,43-44H,5-7,10-14,18-20H2,2-3H3. The topological polar surface area (TPSA) is 104 Å². The third kappa shape index (κ3) is 5.28. The Morgan fingerprint density at radius 2 is 2.00 bits per heavy atom. The minimum atomic E-state index is -1.18. The van der Waals surface area contributed by atoms with Gasteiger partial charge in [-0.3, -0.25) is 4.98 Å². The van der Waals surface area contributed by atoms with Crippen LogP contribution in [0.1, 0.15) is 44.6 Å². The number of nitrogens with zero attached hydrogens (tertiary/aromatic N) is 5. The number of halogens is 2. The fourth-order valence-electron chi connectivity index (χ4n) is 7.84. The van der Waals surface area contributed by atoms with Gasteiger partial charge in [-0.1, -0.05) is 18.4 Å². The van der Waals surface area contributed by atoms with E-state index in [0.29, 0.717) is 42.4 Å². The molecule has 4 heterocycles. The molecule has 46 heavy (non-hydrogen) atoms. The van der Waals surface area contributed by atoms with Gasteiger partial charge in [-0.2, -0.15) is 9.97 Å². The molecule has 0 amide bonds. The van der Waals surface area contributed by atoms with Gasteiger partial charge in [-0.05, 0) is 69.8 Å². The first kappa shape index (κ1) is 30.5. The van der Waals surface area contributed by atoms with Crippen LogP contribution in [0.2, 0.25) is 0 Å². The number of aromatic nitrogens is 3. The Kier molecular flexibility index (Phi) is 7.70. The van der Waals surface area contributed by atoms with Crippen molar-refractivity contribution in [1.29, 1.82) is 0 Å². The maximum atomic E-state index is 16.8. The quantitative estimate of drug-likeness (QED) is 0.294. The van der Waals surface area contributed by atoms with Crippen molar-refractivity contribution in [2.45, 2.75) is 50.7 Å². The molecule has 0 spiro atoms. The van der Waals surface area contributed by atoms with Crippen LogP contribution < -0.4 is 9.64 Å². The van der Waals surface area contributed by atoms with Crippen molar-refractivity contribution in [1.82, 2.24) is 19.9 Å². The predicted molar refractivity (Wildman–Crippen MR) is 171 cm³/mol. The fourth-order valence-corrected chi connectivity index (χ4v) is 7.84. The van der Waals surface area contributed by atoms with Gasteiger partial charge in [0.05, 0.1) is 37.3 Å². The van der Waals surface area contributed by atoms with Crippen molar-refractivity contribution in [3.8, 4) is 35.4 Å². The Bertz CT molecular complexity index is 1880. The second kappa shape index (κ2) is 11.6. The summed E-state index contributed by atoms with van der Waals surface area (Å²) in [7, 11) is 2.16. The number of hydrogen-bond acceptors (Lipinski definition) is 9. The van der Waals surface area contributed by atoms with Crippen molar-refractivity contribution >= 4 is 27.5 Å². The number of aliphatic hydroxyl groups is 1. The van der Waals surface area contributed by atoms with E-state index in [-0.39, 0.29) is 58.1 Å². The Hall–Kier alpha value is -4.11. The molecule has 3 unspecified atom stereocenters. The molecule has 240 valence electrons. The zero-order chi connectivity index (χ0) is 32.2. The Morgan fingerprint density at radius 3 is 2.83 bits per heavy atom. The van der Waals surface area contributed by atoms with Crippen molar-refractivity contribution in [3.63, 3.8) is 0 Å². The van der Waals surface area contributed by atoms with Gasteiger partial charge in [0.1, 0.15) is 34.2 Å². The van der Waals surface area contributed by atoms with Crippen molar-refractivity contribution in [2.24, 2.45) is 5.41 Å². The van der Waals surface area contributed by atoms with Gasteiger partial charge in [0.2, 0.25) is 0 Å². The van der Waals surface area contributed by atoms with Gasteiger partial charge in [-0.15, -0.1) is 6.42 Å². The van der Waals surface area contributed by atoms with Crippen molar-refractivity contribution < 1.29 is 28.5 Å². The summed E-state index contributed by atoms with van der Waals surface area (Å²) in [4.78, 5) is 18.1. The highest BCUT2D eigenvalue weighted by Crippen LogP contribution is 2.47. The third-order valence-electron chi connectivity index (χ3n) is 9.91. The highest BCUT2D eigenvalue weighted by Gasteiger charge is 2.47. The average Bonchev–Trinajstić information content (AvgIpc) is 3.38. The fraction of sp³-hybridized carbons (Fsp3) is 0.457.